The lowest BCUT2D eigenvalue weighted by Gasteiger charge is -2.12. The number of nitriles is 1. The molecule has 0 saturated heterocycles. The predicted octanol–water partition coefficient (Wildman–Crippen LogP) is 3.71. The smallest absolute Gasteiger partial charge is 0.341 e. The second kappa shape index (κ2) is 8.07. The lowest BCUT2D eigenvalue weighted by Crippen LogP contribution is -2.22. The molecule has 0 aliphatic heterocycles. The highest BCUT2D eigenvalue weighted by molar-refractivity contribution is 14.1. The van der Waals surface area contributed by atoms with E-state index in [1.165, 1.54) is 6.07 Å². The summed E-state index contributed by atoms with van der Waals surface area (Å²) in [4.78, 5) is 23.9. The van der Waals surface area contributed by atoms with Gasteiger partial charge in [-0.15, -0.1) is 0 Å². The molecule has 0 aliphatic carbocycles. The molecule has 0 unspecified atom stereocenters. The van der Waals surface area contributed by atoms with Crippen LogP contribution in [-0.4, -0.2) is 18.5 Å². The number of rotatable bonds is 4. The molecule has 0 fully saturated rings. The van der Waals surface area contributed by atoms with Crippen molar-refractivity contribution in [3.8, 4) is 6.07 Å². The molecule has 0 radical (unpaired) electrons. The van der Waals surface area contributed by atoms with Gasteiger partial charge in [-0.1, -0.05) is 0 Å². The first kappa shape index (κ1) is 18.9. The van der Waals surface area contributed by atoms with Crippen molar-refractivity contribution >= 4 is 40.2 Å². The topological polar surface area (TPSA) is 79.2 Å². The summed E-state index contributed by atoms with van der Waals surface area (Å²) in [5, 5.41) is 11.4. The maximum atomic E-state index is 13.7. The molecule has 0 heterocycles. The average Bonchev–Trinajstić information content (AvgIpc) is 2.55. The van der Waals surface area contributed by atoms with Crippen molar-refractivity contribution in [1.29, 1.82) is 5.26 Å². The fourth-order valence-electron chi connectivity index (χ4n) is 2.24. The summed E-state index contributed by atoms with van der Waals surface area (Å²) >= 11 is 2.18. The highest BCUT2D eigenvalue weighted by Crippen LogP contribution is 2.23. The molecule has 0 bridgehead atoms. The summed E-state index contributed by atoms with van der Waals surface area (Å²) < 4.78 is 19.6. The molecular weight excluding hydrogens is 438 g/mol. The molecule has 2 aromatic rings. The first-order valence-corrected chi connectivity index (χ1v) is 8.33. The summed E-state index contributed by atoms with van der Waals surface area (Å²) in [6, 6.07) is 9.00. The molecule has 2 aromatic carbocycles. The van der Waals surface area contributed by atoms with Gasteiger partial charge in [0.1, 0.15) is 5.82 Å². The molecule has 0 atom stereocenters. The third kappa shape index (κ3) is 4.76. The maximum Gasteiger partial charge on any atom is 0.341 e. The van der Waals surface area contributed by atoms with Crippen LogP contribution < -0.4 is 5.32 Å². The minimum Gasteiger partial charge on any atom is -0.452 e. The Morgan fingerprint density at radius 1 is 1.24 bits per heavy atom. The number of benzene rings is 2. The molecule has 0 saturated carbocycles. The van der Waals surface area contributed by atoms with Crippen molar-refractivity contribution in [3.63, 3.8) is 0 Å². The van der Waals surface area contributed by atoms with Gasteiger partial charge in [-0.3, -0.25) is 4.79 Å². The van der Waals surface area contributed by atoms with Gasteiger partial charge in [0.2, 0.25) is 0 Å². The Morgan fingerprint density at radius 2 is 1.88 bits per heavy atom. The zero-order valence-electron chi connectivity index (χ0n) is 13.5. The molecular formula is C18H14FIN2O3. The molecule has 0 aliphatic rings. The fourth-order valence-corrected chi connectivity index (χ4v) is 3.18. The van der Waals surface area contributed by atoms with E-state index >= 15 is 0 Å². The third-order valence-electron chi connectivity index (χ3n) is 3.41. The number of anilines is 1. The van der Waals surface area contributed by atoms with Crippen LogP contribution >= 0.6 is 22.6 Å². The minimum atomic E-state index is -0.965. The number of carbonyl (C=O) groups is 2. The molecule has 1 amide bonds. The quantitative estimate of drug-likeness (QED) is 0.567. The van der Waals surface area contributed by atoms with Crippen LogP contribution in [0.5, 0.6) is 0 Å². The Morgan fingerprint density at radius 3 is 2.44 bits per heavy atom. The normalized spacial score (nSPS) is 10.0. The van der Waals surface area contributed by atoms with E-state index in [4.69, 9.17) is 10.00 Å². The third-order valence-corrected chi connectivity index (χ3v) is 4.04. The Labute approximate surface area is 157 Å². The Hall–Kier alpha value is -2.47. The first-order valence-electron chi connectivity index (χ1n) is 7.25. The molecule has 1 N–H and O–H groups in total. The van der Waals surface area contributed by atoms with Crippen LogP contribution in [0.1, 0.15) is 27.0 Å². The monoisotopic (exact) mass is 452 g/mol. The van der Waals surface area contributed by atoms with Crippen molar-refractivity contribution in [2.24, 2.45) is 0 Å². The van der Waals surface area contributed by atoms with Crippen molar-refractivity contribution in [2.45, 2.75) is 13.8 Å². The number of nitrogens with one attached hydrogen (secondary N) is 1. The lowest BCUT2D eigenvalue weighted by atomic mass is 10.1. The zero-order valence-corrected chi connectivity index (χ0v) is 15.7. The zero-order chi connectivity index (χ0) is 18.6. The number of hydrogen-bond acceptors (Lipinski definition) is 4. The van der Waals surface area contributed by atoms with Gasteiger partial charge in [0.15, 0.2) is 6.61 Å². The summed E-state index contributed by atoms with van der Waals surface area (Å²) in [6.07, 6.45) is 0. The van der Waals surface area contributed by atoms with Crippen LogP contribution in [-0.2, 0) is 9.53 Å². The van der Waals surface area contributed by atoms with Crippen LogP contribution in [0.25, 0.3) is 0 Å². The van der Waals surface area contributed by atoms with Gasteiger partial charge < -0.3 is 10.1 Å². The van der Waals surface area contributed by atoms with E-state index in [1.54, 1.807) is 6.07 Å². The number of nitrogens with zero attached hydrogens (tertiary/aromatic N) is 1. The standard InChI is InChI=1S/C18H14FIN2O3/c1-10-5-13(20)6-11(2)17(10)22-16(23)9-25-18(24)14-4-3-12(8-21)7-15(14)19/h3-7H,9H2,1-2H3,(H,22,23). The lowest BCUT2D eigenvalue weighted by molar-refractivity contribution is -0.119. The van der Waals surface area contributed by atoms with Crippen LogP contribution in [0.2, 0.25) is 0 Å². The number of amides is 1. The van der Waals surface area contributed by atoms with Gasteiger partial charge in [0.25, 0.3) is 5.91 Å². The van der Waals surface area contributed by atoms with Gasteiger partial charge in [0, 0.05) is 9.26 Å². The number of hydrogen-bond donors (Lipinski definition) is 1. The number of aryl methyl sites for hydroxylation is 2. The Bertz CT molecular complexity index is 867. The number of halogens is 2. The van der Waals surface area contributed by atoms with Gasteiger partial charge in [-0.05, 0) is 77.9 Å². The van der Waals surface area contributed by atoms with E-state index in [1.807, 2.05) is 26.0 Å². The Kier molecular flexibility index (Phi) is 6.09. The summed E-state index contributed by atoms with van der Waals surface area (Å²) in [5.41, 5.74) is 2.21. The molecule has 5 nitrogen and oxygen atoms in total. The van der Waals surface area contributed by atoms with Gasteiger partial charge in [-0.25, -0.2) is 9.18 Å². The van der Waals surface area contributed by atoms with Gasteiger partial charge in [-0.2, -0.15) is 5.26 Å². The Balaban J connectivity index is 2.01. The van der Waals surface area contributed by atoms with Crippen LogP contribution in [0.4, 0.5) is 10.1 Å². The van der Waals surface area contributed by atoms with Crippen molar-refractivity contribution in [3.05, 3.63) is 62.0 Å². The molecule has 2 rings (SSSR count). The van der Waals surface area contributed by atoms with Crippen molar-refractivity contribution < 1.29 is 18.7 Å². The SMILES string of the molecule is Cc1cc(I)cc(C)c1NC(=O)COC(=O)c1ccc(C#N)cc1F. The maximum absolute atomic E-state index is 13.7. The van der Waals surface area contributed by atoms with Crippen LogP contribution in [0, 0.1) is 34.6 Å². The number of ether oxygens (including phenoxy) is 1. The molecule has 128 valence electrons. The van der Waals surface area contributed by atoms with Crippen LogP contribution in [0.3, 0.4) is 0 Å². The van der Waals surface area contributed by atoms with Crippen molar-refractivity contribution in [2.75, 3.05) is 11.9 Å². The van der Waals surface area contributed by atoms with E-state index in [2.05, 4.69) is 27.9 Å². The molecule has 0 spiro atoms. The predicted molar refractivity (Wildman–Crippen MR) is 98.7 cm³/mol. The van der Waals surface area contributed by atoms with Crippen molar-refractivity contribution in [1.82, 2.24) is 0 Å². The largest absolute Gasteiger partial charge is 0.452 e. The van der Waals surface area contributed by atoms with E-state index in [0.717, 1.165) is 26.8 Å². The van der Waals surface area contributed by atoms with E-state index in [9.17, 15) is 14.0 Å². The summed E-state index contributed by atoms with van der Waals surface area (Å²) in [7, 11) is 0. The summed E-state index contributed by atoms with van der Waals surface area (Å²) in [5.74, 6) is -2.35. The van der Waals surface area contributed by atoms with Crippen LogP contribution in [0.15, 0.2) is 30.3 Å². The van der Waals surface area contributed by atoms with E-state index < -0.39 is 24.3 Å². The van der Waals surface area contributed by atoms with E-state index in [0.29, 0.717) is 5.69 Å². The molecule has 0 aromatic heterocycles. The average molecular weight is 452 g/mol. The minimum absolute atomic E-state index is 0.0939. The molecule has 7 heteroatoms. The second-order valence-corrected chi connectivity index (χ2v) is 6.59. The highest BCUT2D eigenvalue weighted by atomic mass is 127. The van der Waals surface area contributed by atoms with Gasteiger partial charge >= 0.3 is 5.97 Å². The van der Waals surface area contributed by atoms with E-state index in [-0.39, 0.29) is 11.1 Å². The highest BCUT2D eigenvalue weighted by Gasteiger charge is 2.16. The molecule has 25 heavy (non-hydrogen) atoms. The number of esters is 1. The fraction of sp³-hybridized carbons (Fsp3) is 0.167. The second-order valence-electron chi connectivity index (χ2n) is 5.35. The number of carbonyl (C=O) groups excluding carboxylic acids is 2. The summed E-state index contributed by atoms with van der Waals surface area (Å²) in [6.45, 7) is 3.19. The van der Waals surface area contributed by atoms with Gasteiger partial charge in [0.05, 0.1) is 17.2 Å². The first-order chi connectivity index (χ1) is 11.8.